The molecule has 1 fully saturated rings. The van der Waals surface area contributed by atoms with Crippen LogP contribution in [0.5, 0.6) is 0 Å². The maximum atomic E-state index is 9.35. The number of aryl methyl sites for hydroxylation is 2. The molecule has 1 aromatic rings. The Hall–Kier alpha value is -0.900. The van der Waals surface area contributed by atoms with Gasteiger partial charge in [0, 0.05) is 13.2 Å². The summed E-state index contributed by atoms with van der Waals surface area (Å²) in [4.78, 5) is 0. The molecule has 4 heteroatoms. The number of unbranched alkanes of at least 4 members (excludes halogenated alkanes) is 2. The lowest BCUT2D eigenvalue weighted by atomic mass is 10.0. The van der Waals surface area contributed by atoms with Crippen LogP contribution in [-0.4, -0.2) is 26.7 Å². The summed E-state index contributed by atoms with van der Waals surface area (Å²) in [5.41, 5.74) is 2.59. The molecular weight excluding hydrogens is 238 g/mol. The van der Waals surface area contributed by atoms with Crippen molar-refractivity contribution >= 4 is 0 Å². The predicted octanol–water partition coefficient (Wildman–Crippen LogP) is 2.20. The standard InChI is InChI=1S/C15H25N3O/c1-2-3-4-9-18-15-8-6-12-11(13(12)10-19)5-7-14(15)16-17-18/h11-13,19H,2-10H2,1H3/t11-,12+,13+/m1/s1. The number of aliphatic hydroxyl groups excluding tert-OH is 1. The van der Waals surface area contributed by atoms with Crippen molar-refractivity contribution in [2.45, 2.75) is 58.4 Å². The number of fused-ring (bicyclic) bond motifs is 2. The monoisotopic (exact) mass is 263 g/mol. The van der Waals surface area contributed by atoms with E-state index < -0.39 is 0 Å². The second-order valence-electron chi connectivity index (χ2n) is 6.16. The second kappa shape index (κ2) is 5.61. The van der Waals surface area contributed by atoms with Gasteiger partial charge in [-0.15, -0.1) is 5.10 Å². The van der Waals surface area contributed by atoms with Crippen molar-refractivity contribution in [1.29, 1.82) is 0 Å². The Morgan fingerprint density at radius 1 is 1.21 bits per heavy atom. The summed E-state index contributed by atoms with van der Waals surface area (Å²) in [6.45, 7) is 3.63. The van der Waals surface area contributed by atoms with Crippen molar-refractivity contribution < 1.29 is 5.11 Å². The molecule has 1 heterocycles. The highest BCUT2D eigenvalue weighted by molar-refractivity contribution is 5.15. The fourth-order valence-electron chi connectivity index (χ4n) is 3.79. The molecule has 2 aliphatic rings. The Kier molecular flexibility index (Phi) is 3.87. The van der Waals surface area contributed by atoms with Crippen molar-refractivity contribution in [3.05, 3.63) is 11.4 Å². The van der Waals surface area contributed by atoms with Gasteiger partial charge in [0.2, 0.25) is 0 Å². The minimum Gasteiger partial charge on any atom is -0.396 e. The second-order valence-corrected chi connectivity index (χ2v) is 6.16. The molecule has 3 atom stereocenters. The van der Waals surface area contributed by atoms with Crippen LogP contribution < -0.4 is 0 Å². The molecular formula is C15H25N3O. The van der Waals surface area contributed by atoms with Gasteiger partial charge in [0.15, 0.2) is 0 Å². The fourth-order valence-corrected chi connectivity index (χ4v) is 3.79. The molecule has 0 amide bonds. The fraction of sp³-hybridized carbons (Fsp3) is 0.867. The molecule has 0 aliphatic heterocycles. The van der Waals surface area contributed by atoms with Crippen LogP contribution in [0.2, 0.25) is 0 Å². The Labute approximate surface area is 115 Å². The average molecular weight is 263 g/mol. The Morgan fingerprint density at radius 2 is 2.00 bits per heavy atom. The van der Waals surface area contributed by atoms with E-state index in [1.54, 1.807) is 0 Å². The lowest BCUT2D eigenvalue weighted by Crippen LogP contribution is -2.09. The number of rotatable bonds is 5. The van der Waals surface area contributed by atoms with Crippen molar-refractivity contribution in [3.63, 3.8) is 0 Å². The maximum absolute atomic E-state index is 9.35. The van der Waals surface area contributed by atoms with Gasteiger partial charge >= 0.3 is 0 Å². The van der Waals surface area contributed by atoms with E-state index in [2.05, 4.69) is 21.9 Å². The highest BCUT2D eigenvalue weighted by Gasteiger charge is 2.49. The van der Waals surface area contributed by atoms with Crippen molar-refractivity contribution in [1.82, 2.24) is 15.0 Å². The summed E-state index contributed by atoms with van der Waals surface area (Å²) in [5.74, 6) is 2.09. The quantitative estimate of drug-likeness (QED) is 0.829. The smallest absolute Gasteiger partial charge is 0.0859 e. The summed E-state index contributed by atoms with van der Waals surface area (Å²) in [6.07, 6.45) is 8.29. The minimum atomic E-state index is 0.377. The number of aromatic nitrogens is 3. The Balaban J connectivity index is 1.66. The van der Waals surface area contributed by atoms with Gasteiger partial charge in [-0.3, -0.25) is 0 Å². The van der Waals surface area contributed by atoms with Crippen molar-refractivity contribution in [2.75, 3.05) is 6.61 Å². The number of nitrogens with zero attached hydrogens (tertiary/aromatic N) is 3. The van der Waals surface area contributed by atoms with Gasteiger partial charge in [-0.2, -0.15) is 0 Å². The van der Waals surface area contributed by atoms with E-state index in [0.717, 1.165) is 31.2 Å². The van der Waals surface area contributed by atoms with E-state index >= 15 is 0 Å². The van der Waals surface area contributed by atoms with Crippen LogP contribution in [0.1, 0.15) is 50.4 Å². The van der Waals surface area contributed by atoms with E-state index in [1.165, 1.54) is 43.5 Å². The molecule has 1 aromatic heterocycles. The molecule has 0 unspecified atom stereocenters. The molecule has 3 rings (SSSR count). The summed E-state index contributed by atoms with van der Waals surface area (Å²) in [6, 6.07) is 0. The first-order valence-corrected chi connectivity index (χ1v) is 7.87. The summed E-state index contributed by atoms with van der Waals surface area (Å²) >= 11 is 0. The first kappa shape index (κ1) is 13.1. The van der Waals surface area contributed by atoms with E-state index in [9.17, 15) is 5.11 Å². The number of hydrogen-bond acceptors (Lipinski definition) is 3. The van der Waals surface area contributed by atoms with Gasteiger partial charge < -0.3 is 5.11 Å². The van der Waals surface area contributed by atoms with E-state index in [4.69, 9.17) is 0 Å². The molecule has 2 aliphatic carbocycles. The van der Waals surface area contributed by atoms with Gasteiger partial charge in [-0.05, 0) is 49.9 Å². The van der Waals surface area contributed by atoms with Gasteiger partial charge in [0.05, 0.1) is 11.4 Å². The maximum Gasteiger partial charge on any atom is 0.0859 e. The lowest BCUT2D eigenvalue weighted by Gasteiger charge is -2.10. The Morgan fingerprint density at radius 3 is 2.74 bits per heavy atom. The topological polar surface area (TPSA) is 50.9 Å². The van der Waals surface area contributed by atoms with Crippen LogP contribution in [0.3, 0.4) is 0 Å². The van der Waals surface area contributed by atoms with Gasteiger partial charge in [-0.1, -0.05) is 25.0 Å². The third-order valence-corrected chi connectivity index (χ3v) is 5.04. The zero-order chi connectivity index (χ0) is 13.2. The predicted molar refractivity (Wildman–Crippen MR) is 73.7 cm³/mol. The van der Waals surface area contributed by atoms with Crippen molar-refractivity contribution in [3.8, 4) is 0 Å². The van der Waals surface area contributed by atoms with Crippen molar-refractivity contribution in [2.24, 2.45) is 17.8 Å². The Bertz CT molecular complexity index is 429. The molecule has 4 nitrogen and oxygen atoms in total. The first-order chi connectivity index (χ1) is 9.35. The van der Waals surface area contributed by atoms with Gasteiger partial charge in [0.25, 0.3) is 0 Å². The van der Waals surface area contributed by atoms with Crippen LogP contribution in [0.4, 0.5) is 0 Å². The number of aliphatic hydroxyl groups is 1. The molecule has 0 saturated heterocycles. The zero-order valence-corrected chi connectivity index (χ0v) is 11.9. The van der Waals surface area contributed by atoms with E-state index in [-0.39, 0.29) is 0 Å². The molecule has 0 spiro atoms. The number of hydrogen-bond donors (Lipinski definition) is 1. The lowest BCUT2D eigenvalue weighted by molar-refractivity contribution is 0.262. The molecule has 0 aromatic carbocycles. The molecule has 0 bridgehead atoms. The summed E-state index contributed by atoms with van der Waals surface area (Å²) < 4.78 is 2.14. The largest absolute Gasteiger partial charge is 0.396 e. The van der Waals surface area contributed by atoms with Gasteiger partial charge in [-0.25, -0.2) is 4.68 Å². The van der Waals surface area contributed by atoms with Crippen LogP contribution in [-0.2, 0) is 19.4 Å². The molecule has 1 saturated carbocycles. The SMILES string of the molecule is CCCCCn1nnc2c1CC[C@@H]1[C@@H](CO)[C@@H]1CC2. The minimum absolute atomic E-state index is 0.377. The highest BCUT2D eigenvalue weighted by Crippen LogP contribution is 2.52. The third-order valence-electron chi connectivity index (χ3n) is 5.04. The van der Waals surface area contributed by atoms with Crippen LogP contribution >= 0.6 is 0 Å². The summed E-state index contributed by atoms with van der Waals surface area (Å²) in [5, 5.41) is 18.1. The highest BCUT2D eigenvalue weighted by atomic mass is 16.3. The average Bonchev–Trinajstić information content (AvgIpc) is 2.93. The van der Waals surface area contributed by atoms with Crippen LogP contribution in [0, 0.1) is 17.8 Å². The first-order valence-electron chi connectivity index (χ1n) is 7.87. The third kappa shape index (κ3) is 2.55. The van der Waals surface area contributed by atoms with E-state index in [1.807, 2.05) is 0 Å². The normalized spacial score (nSPS) is 29.3. The van der Waals surface area contributed by atoms with Gasteiger partial charge in [0.1, 0.15) is 0 Å². The van der Waals surface area contributed by atoms with Crippen LogP contribution in [0.25, 0.3) is 0 Å². The van der Waals surface area contributed by atoms with Crippen LogP contribution in [0.15, 0.2) is 0 Å². The molecule has 106 valence electrons. The zero-order valence-electron chi connectivity index (χ0n) is 11.9. The molecule has 0 radical (unpaired) electrons. The van der Waals surface area contributed by atoms with E-state index in [0.29, 0.717) is 12.5 Å². The molecule has 1 N–H and O–H groups in total. The summed E-state index contributed by atoms with van der Waals surface area (Å²) in [7, 11) is 0. The molecule has 19 heavy (non-hydrogen) atoms.